The number of aromatic nitrogens is 4. The minimum atomic E-state index is -0.286. The molecule has 0 bridgehead atoms. The Hall–Kier alpha value is -4.47. The predicted octanol–water partition coefficient (Wildman–Crippen LogP) is 7.05. The standard InChI is InChI=1S/C34H39N7O2/c1-2-41-23-31(32(40-41)25-10-12-27(13-11-25)39-34(42)38-26-8-4-3-5-9-26)29-14-18-36-33-30(29)21-28(37-33)22-35-17-6-7-24-15-19-43-20-16-24/h3-5,8-14,18,21,23-24,35H,2,6-7,15-17,19-20,22H2,1H3,(H,36,37)(H2,38,39,42). The number of rotatable bonds is 11. The second-order valence-corrected chi connectivity index (χ2v) is 11.1. The third kappa shape index (κ3) is 7.13. The van der Waals surface area contributed by atoms with Gasteiger partial charge in [0, 0.05) is 72.3 Å². The lowest BCUT2D eigenvalue weighted by Gasteiger charge is -2.21. The third-order valence-corrected chi connectivity index (χ3v) is 8.03. The van der Waals surface area contributed by atoms with E-state index in [9.17, 15) is 4.79 Å². The number of ether oxygens (including phenoxy) is 1. The fourth-order valence-corrected chi connectivity index (χ4v) is 5.71. The van der Waals surface area contributed by atoms with Crippen molar-refractivity contribution in [2.45, 2.75) is 45.7 Å². The van der Waals surface area contributed by atoms with Crippen molar-refractivity contribution in [3.63, 3.8) is 0 Å². The number of para-hydroxylation sites is 1. The third-order valence-electron chi connectivity index (χ3n) is 8.03. The highest BCUT2D eigenvalue weighted by molar-refractivity contribution is 6.00. The highest BCUT2D eigenvalue weighted by atomic mass is 16.5. The van der Waals surface area contributed by atoms with Crippen molar-refractivity contribution in [1.82, 2.24) is 25.1 Å². The lowest BCUT2D eigenvalue weighted by atomic mass is 9.95. The monoisotopic (exact) mass is 577 g/mol. The lowest BCUT2D eigenvalue weighted by molar-refractivity contribution is 0.0633. The number of anilines is 2. The fraction of sp³-hybridized carbons (Fsp3) is 0.324. The summed E-state index contributed by atoms with van der Waals surface area (Å²) >= 11 is 0. The summed E-state index contributed by atoms with van der Waals surface area (Å²) < 4.78 is 7.44. The van der Waals surface area contributed by atoms with Crippen LogP contribution in [0.25, 0.3) is 33.4 Å². The van der Waals surface area contributed by atoms with Crippen LogP contribution >= 0.6 is 0 Å². The van der Waals surface area contributed by atoms with Crippen molar-refractivity contribution >= 4 is 28.4 Å². The van der Waals surface area contributed by atoms with Gasteiger partial charge in [-0.25, -0.2) is 9.78 Å². The second kappa shape index (κ2) is 13.7. The smallest absolute Gasteiger partial charge is 0.323 e. The van der Waals surface area contributed by atoms with Crippen molar-refractivity contribution in [1.29, 1.82) is 0 Å². The van der Waals surface area contributed by atoms with Crippen LogP contribution in [0.4, 0.5) is 16.2 Å². The minimum absolute atomic E-state index is 0.286. The predicted molar refractivity (Wildman–Crippen MR) is 172 cm³/mol. The SMILES string of the molecule is CCn1cc(-c2ccnc3[nH]c(CNCCCC4CCOCC4)cc23)c(-c2ccc(NC(=O)Nc3ccccc3)cc2)n1. The van der Waals surface area contributed by atoms with Crippen LogP contribution in [0.1, 0.15) is 38.3 Å². The van der Waals surface area contributed by atoms with Crippen LogP contribution in [0, 0.1) is 5.92 Å². The van der Waals surface area contributed by atoms with Crippen molar-refractivity contribution in [2.75, 3.05) is 30.4 Å². The summed E-state index contributed by atoms with van der Waals surface area (Å²) in [5.41, 5.74) is 7.44. The summed E-state index contributed by atoms with van der Waals surface area (Å²) in [6.07, 6.45) is 8.78. The molecule has 5 aromatic rings. The molecule has 2 aromatic carbocycles. The molecule has 9 nitrogen and oxygen atoms in total. The number of hydrogen-bond donors (Lipinski definition) is 4. The van der Waals surface area contributed by atoms with Gasteiger partial charge in [0.05, 0.1) is 0 Å². The van der Waals surface area contributed by atoms with Gasteiger partial charge in [-0.1, -0.05) is 30.3 Å². The van der Waals surface area contributed by atoms with Crippen LogP contribution in [-0.2, 0) is 17.8 Å². The molecule has 0 atom stereocenters. The van der Waals surface area contributed by atoms with Gasteiger partial charge in [0.15, 0.2) is 0 Å². The van der Waals surface area contributed by atoms with Crippen LogP contribution in [0.2, 0.25) is 0 Å². The van der Waals surface area contributed by atoms with Crippen molar-refractivity contribution in [3.8, 4) is 22.4 Å². The van der Waals surface area contributed by atoms with E-state index in [0.29, 0.717) is 5.69 Å². The molecule has 4 heterocycles. The average molecular weight is 578 g/mol. The molecule has 2 amide bonds. The quantitative estimate of drug-likeness (QED) is 0.126. The number of aryl methyl sites for hydroxylation is 1. The topological polar surface area (TPSA) is 109 Å². The number of aromatic amines is 1. The Morgan fingerprint density at radius 2 is 1.77 bits per heavy atom. The molecule has 0 radical (unpaired) electrons. The minimum Gasteiger partial charge on any atom is -0.381 e. The Morgan fingerprint density at radius 3 is 2.53 bits per heavy atom. The summed E-state index contributed by atoms with van der Waals surface area (Å²) in [6, 6.07) is 21.2. The maximum atomic E-state index is 12.5. The molecular weight excluding hydrogens is 538 g/mol. The molecule has 9 heteroatoms. The van der Waals surface area contributed by atoms with Gasteiger partial charge in [0.25, 0.3) is 0 Å². The van der Waals surface area contributed by atoms with E-state index in [0.717, 1.165) is 83.6 Å². The number of pyridine rings is 1. The number of nitrogens with one attached hydrogen (secondary N) is 4. The number of H-pyrrole nitrogens is 1. The van der Waals surface area contributed by atoms with E-state index in [4.69, 9.17) is 9.84 Å². The van der Waals surface area contributed by atoms with E-state index in [1.54, 1.807) is 0 Å². The Morgan fingerprint density at radius 1 is 1.00 bits per heavy atom. The molecule has 0 aliphatic carbocycles. The molecule has 222 valence electrons. The number of fused-ring (bicyclic) bond motifs is 1. The molecule has 3 aromatic heterocycles. The van der Waals surface area contributed by atoms with Gasteiger partial charge in [0.1, 0.15) is 11.3 Å². The van der Waals surface area contributed by atoms with Gasteiger partial charge in [-0.15, -0.1) is 0 Å². The van der Waals surface area contributed by atoms with E-state index in [2.05, 4.69) is 51.2 Å². The molecule has 43 heavy (non-hydrogen) atoms. The van der Waals surface area contributed by atoms with Gasteiger partial charge in [-0.2, -0.15) is 5.10 Å². The lowest BCUT2D eigenvalue weighted by Crippen LogP contribution is -2.19. The number of nitrogens with zero attached hydrogens (tertiary/aromatic N) is 3. The first kappa shape index (κ1) is 28.6. The van der Waals surface area contributed by atoms with Crippen LogP contribution in [0.15, 0.2) is 79.1 Å². The summed E-state index contributed by atoms with van der Waals surface area (Å²) in [4.78, 5) is 20.6. The Bertz CT molecular complexity index is 1640. The maximum absolute atomic E-state index is 12.5. The Balaban J connectivity index is 1.15. The summed E-state index contributed by atoms with van der Waals surface area (Å²) in [7, 11) is 0. The highest BCUT2D eigenvalue weighted by Crippen LogP contribution is 2.35. The van der Waals surface area contributed by atoms with Gasteiger partial charge in [0.2, 0.25) is 0 Å². The van der Waals surface area contributed by atoms with E-state index in [1.807, 2.05) is 65.5 Å². The first-order valence-corrected chi connectivity index (χ1v) is 15.2. The molecule has 1 saturated heterocycles. The maximum Gasteiger partial charge on any atom is 0.323 e. The van der Waals surface area contributed by atoms with Crippen molar-refractivity contribution in [2.24, 2.45) is 5.92 Å². The van der Waals surface area contributed by atoms with Crippen molar-refractivity contribution in [3.05, 3.63) is 84.8 Å². The van der Waals surface area contributed by atoms with Gasteiger partial charge in [-0.05, 0) is 87.0 Å². The molecule has 1 aliphatic heterocycles. The number of amides is 2. The van der Waals surface area contributed by atoms with E-state index in [-0.39, 0.29) is 6.03 Å². The van der Waals surface area contributed by atoms with E-state index < -0.39 is 0 Å². The van der Waals surface area contributed by atoms with Gasteiger partial charge < -0.3 is 25.7 Å². The fourth-order valence-electron chi connectivity index (χ4n) is 5.71. The Labute approximate surface area is 252 Å². The number of urea groups is 1. The number of carbonyl (C=O) groups excluding carboxylic acids is 1. The zero-order chi connectivity index (χ0) is 29.4. The summed E-state index contributed by atoms with van der Waals surface area (Å²) in [5.74, 6) is 0.806. The number of hydrogen-bond acceptors (Lipinski definition) is 5. The first-order chi connectivity index (χ1) is 21.2. The van der Waals surface area contributed by atoms with E-state index in [1.165, 1.54) is 25.7 Å². The molecule has 0 spiro atoms. The van der Waals surface area contributed by atoms with Crippen LogP contribution in [0.5, 0.6) is 0 Å². The van der Waals surface area contributed by atoms with Crippen LogP contribution in [-0.4, -0.2) is 45.5 Å². The summed E-state index contributed by atoms with van der Waals surface area (Å²) in [6.45, 7) is 6.45. The molecule has 4 N–H and O–H groups in total. The zero-order valence-corrected chi connectivity index (χ0v) is 24.6. The molecule has 6 rings (SSSR count). The molecule has 0 unspecified atom stereocenters. The summed E-state index contributed by atoms with van der Waals surface area (Å²) in [5, 5.41) is 15.3. The molecule has 0 saturated carbocycles. The zero-order valence-electron chi connectivity index (χ0n) is 24.6. The average Bonchev–Trinajstić information content (AvgIpc) is 3.66. The number of carbonyl (C=O) groups is 1. The number of benzene rings is 2. The normalized spacial score (nSPS) is 13.8. The second-order valence-electron chi connectivity index (χ2n) is 11.1. The van der Waals surface area contributed by atoms with Crippen LogP contribution < -0.4 is 16.0 Å². The largest absolute Gasteiger partial charge is 0.381 e. The molecule has 1 fully saturated rings. The van der Waals surface area contributed by atoms with E-state index >= 15 is 0 Å². The molecule has 1 aliphatic rings. The molecular formula is C34H39N7O2. The van der Waals surface area contributed by atoms with Crippen molar-refractivity contribution < 1.29 is 9.53 Å². The van der Waals surface area contributed by atoms with Gasteiger partial charge >= 0.3 is 6.03 Å². The Kier molecular flexibility index (Phi) is 9.10. The van der Waals surface area contributed by atoms with Gasteiger partial charge in [-0.3, -0.25) is 4.68 Å². The van der Waals surface area contributed by atoms with Crippen LogP contribution in [0.3, 0.4) is 0 Å². The highest BCUT2D eigenvalue weighted by Gasteiger charge is 2.17. The first-order valence-electron chi connectivity index (χ1n) is 15.2.